The number of carbonyl (C=O) groups excluding carboxylic acids is 1. The normalized spacial score (nSPS) is 13.4. The van der Waals surface area contributed by atoms with Crippen LogP contribution in [0.15, 0.2) is 73.1 Å². The van der Waals surface area contributed by atoms with Crippen LogP contribution in [-0.2, 0) is 53.1 Å². The molecule has 0 atom stereocenters. The Balaban J connectivity index is 0.760. The number of H-pyrrole nitrogens is 4. The molecule has 0 bridgehead atoms. The van der Waals surface area contributed by atoms with E-state index in [0.29, 0.717) is 95.9 Å². The van der Waals surface area contributed by atoms with Gasteiger partial charge in [0.1, 0.15) is 11.4 Å². The molecule has 0 spiro atoms. The van der Waals surface area contributed by atoms with Crippen LogP contribution in [0.25, 0.3) is 67.1 Å². The van der Waals surface area contributed by atoms with Crippen molar-refractivity contribution in [1.82, 2.24) is 59.9 Å². The lowest BCUT2D eigenvalue weighted by Gasteiger charge is -2.18. The van der Waals surface area contributed by atoms with Crippen molar-refractivity contribution in [2.75, 3.05) is 9.80 Å². The quantitative estimate of drug-likeness (QED) is 0.0721. The number of aromatic nitrogens is 12. The summed E-state index contributed by atoms with van der Waals surface area (Å²) < 4.78 is 32.1. The van der Waals surface area contributed by atoms with E-state index in [4.69, 9.17) is 20.2 Å². The molecule has 6 aromatic heterocycles. The number of fused-ring (bicyclic) bond motifs is 4. The van der Waals surface area contributed by atoms with E-state index < -0.39 is 11.6 Å². The van der Waals surface area contributed by atoms with Gasteiger partial charge in [0.15, 0.2) is 46.4 Å². The summed E-state index contributed by atoms with van der Waals surface area (Å²) in [4.78, 5) is 35.5. The molecule has 4 aromatic carbocycles. The van der Waals surface area contributed by atoms with Crippen LogP contribution < -0.4 is 9.80 Å². The average Bonchev–Trinajstić information content (AvgIpc) is 4.19. The smallest absolute Gasteiger partial charge is 0.203 e. The number of halogens is 2. The fraction of sp³-hybridized carbons (Fsp3) is 0.204. The molecule has 8 heterocycles. The average molecular weight is 913 g/mol. The predicted octanol–water partition coefficient (Wildman–Crippen LogP) is 8.11. The van der Waals surface area contributed by atoms with Gasteiger partial charge in [-0.05, 0) is 94.8 Å². The maximum atomic E-state index is 14.6. The highest BCUT2D eigenvalue weighted by Crippen LogP contribution is 2.39. The van der Waals surface area contributed by atoms with Crippen LogP contribution in [0.2, 0.25) is 0 Å². The molecule has 0 saturated carbocycles. The fourth-order valence-electron chi connectivity index (χ4n) is 9.75. The molecule has 340 valence electrons. The van der Waals surface area contributed by atoms with Gasteiger partial charge in [0.25, 0.3) is 0 Å². The molecule has 17 nitrogen and oxygen atoms in total. The molecule has 10 aromatic rings. The highest BCUT2D eigenvalue weighted by atomic mass is 19.1. The topological polar surface area (TPSA) is 214 Å². The number of anilines is 2. The van der Waals surface area contributed by atoms with Gasteiger partial charge in [0.2, 0.25) is 5.78 Å². The van der Waals surface area contributed by atoms with E-state index in [-0.39, 0.29) is 17.3 Å². The molecule has 0 radical (unpaired) electrons. The molecular weight excluding hydrogens is 871 g/mol. The Morgan fingerprint density at radius 3 is 1.49 bits per heavy atom. The summed E-state index contributed by atoms with van der Waals surface area (Å²) in [7, 11) is 3.59. The molecule has 0 aliphatic carbocycles. The van der Waals surface area contributed by atoms with Crippen LogP contribution in [0.5, 0.6) is 11.5 Å². The minimum atomic E-state index is -0.671. The van der Waals surface area contributed by atoms with E-state index in [0.717, 1.165) is 66.8 Å². The molecule has 19 heteroatoms. The summed E-state index contributed by atoms with van der Waals surface area (Å²) in [6.45, 7) is 5.64. The summed E-state index contributed by atoms with van der Waals surface area (Å²) in [6.07, 6.45) is 4.74. The lowest BCUT2D eigenvalue weighted by Crippen LogP contribution is -2.21. The molecule has 6 N–H and O–H groups in total. The summed E-state index contributed by atoms with van der Waals surface area (Å²) in [5.74, 6) is -0.00251. The van der Waals surface area contributed by atoms with Gasteiger partial charge in [-0.25, -0.2) is 18.7 Å². The zero-order chi connectivity index (χ0) is 46.7. The van der Waals surface area contributed by atoms with Crippen molar-refractivity contribution in [3.63, 3.8) is 0 Å². The summed E-state index contributed by atoms with van der Waals surface area (Å²) in [5.41, 5.74) is 11.8. The number of aryl methyl sites for hydroxylation is 4. The number of aromatic amines is 4. The van der Waals surface area contributed by atoms with E-state index in [1.807, 2.05) is 60.0 Å². The third-order valence-electron chi connectivity index (χ3n) is 13.1. The van der Waals surface area contributed by atoms with Crippen LogP contribution in [0, 0.1) is 11.6 Å². The Labute approximate surface area is 385 Å². The maximum absolute atomic E-state index is 14.6. The second-order valence-electron chi connectivity index (χ2n) is 17.4. The van der Waals surface area contributed by atoms with Crippen molar-refractivity contribution >= 4 is 39.2 Å². The van der Waals surface area contributed by atoms with Crippen molar-refractivity contribution in [2.24, 2.45) is 14.1 Å². The number of hydrogen-bond donors (Lipinski definition) is 6. The van der Waals surface area contributed by atoms with Crippen LogP contribution in [0.4, 0.5) is 20.4 Å². The van der Waals surface area contributed by atoms with Crippen LogP contribution in [0.1, 0.15) is 63.7 Å². The van der Waals surface area contributed by atoms with Gasteiger partial charge >= 0.3 is 0 Å². The summed E-state index contributed by atoms with van der Waals surface area (Å²) in [5, 5.41) is 46.5. The second-order valence-corrected chi connectivity index (χ2v) is 17.4. The third-order valence-corrected chi connectivity index (χ3v) is 13.1. The zero-order valence-corrected chi connectivity index (χ0v) is 37.2. The molecule has 2 aliphatic heterocycles. The van der Waals surface area contributed by atoms with Crippen molar-refractivity contribution in [3.8, 4) is 56.8 Å². The Bertz CT molecular complexity index is 3420. The van der Waals surface area contributed by atoms with Gasteiger partial charge < -0.3 is 30.0 Å². The SMILES string of the molecule is CCc1cc(O)c(F)cc1-c1ccc2c(-c3nc4c([nH]3)CN(c3nn(C)cc3C(=O)c3cn(C)nc3N3Cc5nc(-c6n[nH]c7cc(-c8cc(F)c(O)cc8CC)ccc67)[nH]c5C3)C4)n[nH]c2c1. The van der Waals surface area contributed by atoms with Crippen molar-refractivity contribution < 1.29 is 23.8 Å². The number of imidazole rings is 2. The molecule has 12 rings (SSSR count). The van der Waals surface area contributed by atoms with E-state index in [9.17, 15) is 23.8 Å². The predicted molar refractivity (Wildman–Crippen MR) is 250 cm³/mol. The summed E-state index contributed by atoms with van der Waals surface area (Å²) >= 11 is 0. The Kier molecular flexibility index (Phi) is 9.15. The maximum Gasteiger partial charge on any atom is 0.203 e. The summed E-state index contributed by atoms with van der Waals surface area (Å²) in [6, 6.07) is 17.2. The molecule has 0 fully saturated rings. The van der Waals surface area contributed by atoms with E-state index in [1.165, 1.54) is 24.3 Å². The third kappa shape index (κ3) is 6.51. The highest BCUT2D eigenvalue weighted by molar-refractivity contribution is 6.14. The minimum Gasteiger partial charge on any atom is -0.505 e. The molecular formula is C49H42F2N14O3. The van der Waals surface area contributed by atoms with Gasteiger partial charge in [0, 0.05) is 37.3 Å². The van der Waals surface area contributed by atoms with E-state index >= 15 is 0 Å². The molecule has 0 saturated heterocycles. The zero-order valence-electron chi connectivity index (χ0n) is 37.2. The lowest BCUT2D eigenvalue weighted by atomic mass is 9.96. The number of ketones is 1. The van der Waals surface area contributed by atoms with Gasteiger partial charge in [-0.3, -0.25) is 24.4 Å². The largest absolute Gasteiger partial charge is 0.505 e. The first-order valence-electron chi connectivity index (χ1n) is 22.2. The van der Waals surface area contributed by atoms with Gasteiger partial charge in [0.05, 0.1) is 71.1 Å². The van der Waals surface area contributed by atoms with Crippen LogP contribution in [-0.4, -0.2) is 75.9 Å². The number of hydrogen-bond acceptors (Lipinski definition) is 11. The standard InChI is InChI=1S/C49H42F2N14O3/c1-5-23-13-41(66)33(50)15-29(23)25-7-9-27-35(11-25)56-58-43(27)46-52-37-19-64(20-38(37)53-46)48-31(17-62(3)60-48)45(68)32-18-63(4)61-49(32)65-21-39-40(22-65)55-47(54-39)44-28-10-8-26(12-36(28)57-59-44)30-16-34(51)42(67)14-24(30)6-2/h7-18,66-67H,5-6,19-22H2,1-4H3,(H,52,53)(H,54,55)(H,56,58)(H,57,59). The molecule has 0 unspecified atom stereocenters. The number of aromatic hydroxyl groups is 2. The first-order valence-corrected chi connectivity index (χ1v) is 22.2. The number of nitrogens with one attached hydrogen (secondary N) is 4. The highest BCUT2D eigenvalue weighted by Gasteiger charge is 2.34. The molecule has 2 aliphatic rings. The van der Waals surface area contributed by atoms with E-state index in [2.05, 4.69) is 30.4 Å². The van der Waals surface area contributed by atoms with Gasteiger partial charge in [-0.1, -0.05) is 26.0 Å². The Morgan fingerprint density at radius 2 is 1.07 bits per heavy atom. The Morgan fingerprint density at radius 1 is 0.632 bits per heavy atom. The number of rotatable bonds is 10. The van der Waals surface area contributed by atoms with E-state index in [1.54, 1.807) is 35.9 Å². The van der Waals surface area contributed by atoms with Crippen molar-refractivity contribution in [3.05, 3.63) is 130 Å². The number of benzene rings is 4. The fourth-order valence-corrected chi connectivity index (χ4v) is 9.75. The lowest BCUT2D eigenvalue weighted by molar-refractivity contribution is 0.103. The first kappa shape index (κ1) is 40.9. The van der Waals surface area contributed by atoms with Crippen molar-refractivity contribution in [1.29, 1.82) is 0 Å². The monoisotopic (exact) mass is 912 g/mol. The number of phenolic OH excluding ortho intramolecular Hbond substituents is 2. The van der Waals surface area contributed by atoms with Gasteiger partial charge in [-0.15, -0.1) is 0 Å². The number of phenols is 2. The molecule has 0 amide bonds. The van der Waals surface area contributed by atoms with Crippen molar-refractivity contribution in [2.45, 2.75) is 52.9 Å². The van der Waals surface area contributed by atoms with Gasteiger partial charge in [-0.2, -0.15) is 20.4 Å². The van der Waals surface area contributed by atoms with Crippen LogP contribution >= 0.6 is 0 Å². The molecule has 68 heavy (non-hydrogen) atoms. The van der Waals surface area contributed by atoms with Crippen LogP contribution in [0.3, 0.4) is 0 Å². The minimum absolute atomic E-state index is 0.212. The second kappa shape index (κ2) is 15.2. The first-order chi connectivity index (χ1) is 32.9. The Hall–Kier alpha value is -8.61. The number of carbonyl (C=O) groups is 1. The number of nitrogens with zero attached hydrogens (tertiary/aromatic N) is 10.